The highest BCUT2D eigenvalue weighted by molar-refractivity contribution is 9.10. The van der Waals surface area contributed by atoms with E-state index in [1.165, 1.54) is 0 Å². The molecule has 6 heteroatoms. The molecule has 1 aliphatic rings. The Kier molecular flexibility index (Phi) is 3.35. The van der Waals surface area contributed by atoms with Crippen molar-refractivity contribution in [1.29, 1.82) is 0 Å². The van der Waals surface area contributed by atoms with Crippen LogP contribution in [0.3, 0.4) is 0 Å². The number of anilines is 2. The molecule has 4 nitrogen and oxygen atoms in total. The molecule has 1 saturated heterocycles. The normalized spacial score (nSPS) is 20.5. The van der Waals surface area contributed by atoms with Crippen molar-refractivity contribution in [1.82, 2.24) is 4.98 Å². The van der Waals surface area contributed by atoms with E-state index in [9.17, 15) is 4.79 Å². The number of hydrogen-bond acceptors (Lipinski definition) is 3. The van der Waals surface area contributed by atoms with Crippen molar-refractivity contribution in [3.8, 4) is 0 Å². The van der Waals surface area contributed by atoms with E-state index in [4.69, 9.17) is 17.3 Å². The van der Waals surface area contributed by atoms with Crippen LogP contribution in [0, 0.1) is 5.92 Å². The number of carbonyl (C=O) groups excluding carboxylic acids is 1. The van der Waals surface area contributed by atoms with Gasteiger partial charge in [-0.25, -0.2) is 4.98 Å². The second kappa shape index (κ2) is 4.59. The summed E-state index contributed by atoms with van der Waals surface area (Å²) in [6.07, 6.45) is 2.10. The number of rotatable bonds is 2. The maximum absolute atomic E-state index is 11.7. The Labute approximate surface area is 107 Å². The second-order valence-electron chi connectivity index (χ2n) is 3.80. The number of pyridine rings is 1. The van der Waals surface area contributed by atoms with Crippen LogP contribution < -0.4 is 10.6 Å². The van der Waals surface area contributed by atoms with Crippen LogP contribution in [-0.2, 0) is 4.79 Å². The molecule has 0 aliphatic carbocycles. The number of halogens is 2. The van der Waals surface area contributed by atoms with Gasteiger partial charge in [0.1, 0.15) is 0 Å². The van der Waals surface area contributed by atoms with Crippen LogP contribution in [0.5, 0.6) is 0 Å². The molecule has 2 rings (SSSR count). The van der Waals surface area contributed by atoms with E-state index >= 15 is 0 Å². The highest BCUT2D eigenvalue weighted by atomic mass is 79.9. The molecule has 2 heterocycles. The Bertz CT molecular complexity index is 427. The largest absolute Gasteiger partial charge is 0.396 e. The third-order valence-corrected chi connectivity index (χ3v) is 3.41. The van der Waals surface area contributed by atoms with Crippen molar-refractivity contribution in [2.75, 3.05) is 23.1 Å². The lowest BCUT2D eigenvalue weighted by Crippen LogP contribution is -2.26. The molecule has 1 aliphatic heterocycles. The fourth-order valence-electron chi connectivity index (χ4n) is 1.76. The van der Waals surface area contributed by atoms with E-state index < -0.39 is 0 Å². The van der Waals surface area contributed by atoms with Gasteiger partial charge in [-0.2, -0.15) is 0 Å². The number of amides is 1. The number of hydrogen-bond donors (Lipinski definition) is 1. The first-order valence-corrected chi connectivity index (χ1v) is 6.22. The molecule has 0 saturated carbocycles. The van der Waals surface area contributed by atoms with Gasteiger partial charge in [0.05, 0.1) is 5.69 Å². The van der Waals surface area contributed by atoms with Crippen LogP contribution in [0.4, 0.5) is 11.5 Å². The first kappa shape index (κ1) is 11.7. The number of aromatic nitrogens is 1. The van der Waals surface area contributed by atoms with Crippen LogP contribution in [-0.4, -0.2) is 23.3 Å². The van der Waals surface area contributed by atoms with Crippen LogP contribution in [0.15, 0.2) is 16.7 Å². The minimum absolute atomic E-state index is 0.0344. The zero-order valence-electron chi connectivity index (χ0n) is 8.49. The fraction of sp³-hybridized carbons (Fsp3) is 0.400. The molecule has 2 N–H and O–H groups in total. The van der Waals surface area contributed by atoms with Crippen molar-refractivity contribution in [2.45, 2.75) is 6.42 Å². The zero-order chi connectivity index (χ0) is 11.7. The van der Waals surface area contributed by atoms with Gasteiger partial charge in [-0.3, -0.25) is 9.69 Å². The number of carbonyl (C=O) groups is 1. The molecular weight excluding hydrogens is 293 g/mol. The summed E-state index contributed by atoms with van der Waals surface area (Å²) in [6.45, 7) is 0.598. The highest BCUT2D eigenvalue weighted by Crippen LogP contribution is 2.29. The quantitative estimate of drug-likeness (QED) is 0.850. The number of nitrogens with zero attached hydrogens (tertiary/aromatic N) is 2. The van der Waals surface area contributed by atoms with Gasteiger partial charge in [0.2, 0.25) is 5.91 Å². The molecule has 16 heavy (non-hydrogen) atoms. The molecule has 1 aromatic rings. The highest BCUT2D eigenvalue weighted by Gasteiger charge is 2.31. The first-order valence-electron chi connectivity index (χ1n) is 4.89. The van der Waals surface area contributed by atoms with Crippen molar-refractivity contribution < 1.29 is 4.79 Å². The van der Waals surface area contributed by atoms with Gasteiger partial charge in [0.25, 0.3) is 0 Å². The summed E-state index contributed by atoms with van der Waals surface area (Å²) in [5.74, 6) is 1.24. The summed E-state index contributed by atoms with van der Waals surface area (Å²) in [4.78, 5) is 17.5. The summed E-state index contributed by atoms with van der Waals surface area (Å²) < 4.78 is 0.800. The minimum atomic E-state index is 0.0344. The minimum Gasteiger partial charge on any atom is -0.396 e. The number of nitrogens with two attached hydrogens (primary N) is 1. The van der Waals surface area contributed by atoms with Gasteiger partial charge >= 0.3 is 0 Å². The molecule has 1 aromatic heterocycles. The summed E-state index contributed by atoms with van der Waals surface area (Å²) in [5, 5.41) is 0. The lowest BCUT2D eigenvalue weighted by atomic mass is 10.1. The average molecular weight is 305 g/mol. The molecule has 86 valence electrons. The third kappa shape index (κ3) is 2.15. The molecule has 0 spiro atoms. The average Bonchev–Trinajstić information content (AvgIpc) is 2.60. The Morgan fingerprint density at radius 3 is 3.00 bits per heavy atom. The third-order valence-electron chi connectivity index (χ3n) is 2.54. The van der Waals surface area contributed by atoms with Crippen LogP contribution in [0.25, 0.3) is 0 Å². The Morgan fingerprint density at radius 1 is 1.69 bits per heavy atom. The van der Waals surface area contributed by atoms with Gasteiger partial charge in [0.15, 0.2) is 5.82 Å². The van der Waals surface area contributed by atoms with Gasteiger partial charge in [-0.05, 0) is 27.9 Å². The van der Waals surface area contributed by atoms with Gasteiger partial charge < -0.3 is 5.73 Å². The second-order valence-corrected chi connectivity index (χ2v) is 5.02. The summed E-state index contributed by atoms with van der Waals surface area (Å²) in [5.41, 5.74) is 6.33. The smallest absolute Gasteiger partial charge is 0.228 e. The standard InChI is InChI=1S/C10H11BrClN3O/c11-7-2-8(13)10(14-4-7)15-5-6(3-12)1-9(15)16/h2,4,6H,1,3,5,13H2. The molecular formula is C10H11BrClN3O. The predicted molar refractivity (Wildman–Crippen MR) is 67.5 cm³/mol. The van der Waals surface area contributed by atoms with Gasteiger partial charge in [0, 0.05) is 29.5 Å². The van der Waals surface area contributed by atoms with E-state index in [0.29, 0.717) is 30.4 Å². The molecule has 0 bridgehead atoms. The molecule has 1 fully saturated rings. The topological polar surface area (TPSA) is 59.2 Å². The first-order chi connectivity index (χ1) is 7.61. The summed E-state index contributed by atoms with van der Waals surface area (Å²) in [6, 6.07) is 1.74. The maximum atomic E-state index is 11.7. The van der Waals surface area contributed by atoms with Crippen LogP contribution >= 0.6 is 27.5 Å². The molecule has 0 radical (unpaired) electrons. The molecule has 1 amide bonds. The Morgan fingerprint density at radius 2 is 2.44 bits per heavy atom. The summed E-state index contributed by atoms with van der Waals surface area (Å²) >= 11 is 9.03. The SMILES string of the molecule is Nc1cc(Br)cnc1N1CC(CCl)CC1=O. The lowest BCUT2D eigenvalue weighted by molar-refractivity contribution is -0.117. The predicted octanol–water partition coefficient (Wildman–Crippen LogP) is 2.02. The molecule has 1 unspecified atom stereocenters. The van der Waals surface area contributed by atoms with Crippen molar-refractivity contribution in [2.24, 2.45) is 5.92 Å². The van der Waals surface area contributed by atoms with E-state index in [-0.39, 0.29) is 11.8 Å². The zero-order valence-corrected chi connectivity index (χ0v) is 10.8. The van der Waals surface area contributed by atoms with Crippen LogP contribution in [0.2, 0.25) is 0 Å². The van der Waals surface area contributed by atoms with E-state index in [0.717, 1.165) is 4.47 Å². The lowest BCUT2D eigenvalue weighted by Gasteiger charge is -2.17. The van der Waals surface area contributed by atoms with Gasteiger partial charge in [-0.15, -0.1) is 11.6 Å². The summed E-state index contributed by atoms with van der Waals surface area (Å²) in [7, 11) is 0. The van der Waals surface area contributed by atoms with E-state index in [1.54, 1.807) is 17.2 Å². The molecule has 0 aromatic carbocycles. The Balaban J connectivity index is 2.28. The number of nitrogen functional groups attached to an aromatic ring is 1. The van der Waals surface area contributed by atoms with E-state index in [1.807, 2.05) is 0 Å². The monoisotopic (exact) mass is 303 g/mol. The van der Waals surface area contributed by atoms with Crippen molar-refractivity contribution >= 4 is 44.9 Å². The van der Waals surface area contributed by atoms with Crippen LogP contribution in [0.1, 0.15) is 6.42 Å². The Hall–Kier alpha value is -0.810. The van der Waals surface area contributed by atoms with E-state index in [2.05, 4.69) is 20.9 Å². The maximum Gasteiger partial charge on any atom is 0.228 e. The molecule has 1 atom stereocenters. The fourth-order valence-corrected chi connectivity index (χ4v) is 2.32. The van der Waals surface area contributed by atoms with Crippen molar-refractivity contribution in [3.63, 3.8) is 0 Å². The van der Waals surface area contributed by atoms with Gasteiger partial charge in [-0.1, -0.05) is 0 Å². The number of alkyl halides is 1. The van der Waals surface area contributed by atoms with Crippen molar-refractivity contribution in [3.05, 3.63) is 16.7 Å².